The van der Waals surface area contributed by atoms with E-state index in [2.05, 4.69) is 18.9 Å². The maximum Gasteiger partial charge on any atom is 0.222 e. The maximum atomic E-state index is 12.3. The van der Waals surface area contributed by atoms with Crippen molar-refractivity contribution in [3.05, 3.63) is 0 Å². The summed E-state index contributed by atoms with van der Waals surface area (Å²) in [4.78, 5) is 16.5. The molecule has 1 aliphatic heterocycles. The molecule has 0 aromatic heterocycles. The molecule has 20 heavy (non-hydrogen) atoms. The Morgan fingerprint density at radius 3 is 2.75 bits per heavy atom. The van der Waals surface area contributed by atoms with Gasteiger partial charge in [-0.25, -0.2) is 0 Å². The van der Waals surface area contributed by atoms with Crippen LogP contribution < -0.4 is 0 Å². The van der Waals surface area contributed by atoms with Gasteiger partial charge < -0.3 is 14.9 Å². The number of carbonyl (C=O) groups is 1. The molecule has 0 aliphatic carbocycles. The Morgan fingerprint density at radius 1 is 1.30 bits per heavy atom. The smallest absolute Gasteiger partial charge is 0.222 e. The predicted octanol–water partition coefficient (Wildman–Crippen LogP) is 2.26. The van der Waals surface area contributed by atoms with Crippen LogP contribution in [0.3, 0.4) is 0 Å². The number of rotatable bonds is 9. The molecular weight excluding hydrogens is 252 g/mol. The first kappa shape index (κ1) is 17.4. The van der Waals surface area contributed by atoms with Crippen molar-refractivity contribution in [2.75, 3.05) is 33.3 Å². The molecule has 1 aliphatic rings. The highest BCUT2D eigenvalue weighted by molar-refractivity contribution is 5.76. The fourth-order valence-corrected chi connectivity index (χ4v) is 2.99. The Labute approximate surface area is 124 Å². The summed E-state index contributed by atoms with van der Waals surface area (Å²) in [5.41, 5.74) is 0. The quantitative estimate of drug-likeness (QED) is 0.661. The third kappa shape index (κ3) is 6.23. The van der Waals surface area contributed by atoms with Crippen LogP contribution in [0.1, 0.15) is 58.3 Å². The van der Waals surface area contributed by atoms with Crippen LogP contribution in [0.5, 0.6) is 0 Å². The number of piperidine rings is 1. The van der Waals surface area contributed by atoms with Crippen molar-refractivity contribution in [2.24, 2.45) is 0 Å². The van der Waals surface area contributed by atoms with Gasteiger partial charge in [-0.2, -0.15) is 0 Å². The number of likely N-dealkylation sites (tertiary alicyclic amines) is 1. The lowest BCUT2D eigenvalue weighted by molar-refractivity contribution is -0.132. The van der Waals surface area contributed by atoms with Gasteiger partial charge in [0.15, 0.2) is 0 Å². The van der Waals surface area contributed by atoms with E-state index in [-0.39, 0.29) is 12.5 Å². The number of unbranched alkanes of at least 4 members (excludes halogenated alkanes) is 2. The molecule has 1 heterocycles. The molecule has 0 radical (unpaired) electrons. The van der Waals surface area contributed by atoms with E-state index in [1.54, 1.807) is 0 Å². The predicted molar refractivity (Wildman–Crippen MR) is 82.7 cm³/mol. The van der Waals surface area contributed by atoms with Gasteiger partial charge >= 0.3 is 0 Å². The molecule has 1 N–H and O–H groups in total. The summed E-state index contributed by atoms with van der Waals surface area (Å²) in [5.74, 6) is 0.217. The molecule has 1 saturated heterocycles. The number of hydrogen-bond acceptors (Lipinski definition) is 3. The molecule has 1 rings (SSSR count). The fourth-order valence-electron chi connectivity index (χ4n) is 2.99. The van der Waals surface area contributed by atoms with E-state index in [9.17, 15) is 4.79 Å². The molecule has 4 heteroatoms. The lowest BCUT2D eigenvalue weighted by Gasteiger charge is -2.33. The van der Waals surface area contributed by atoms with Crippen molar-refractivity contribution < 1.29 is 9.90 Å². The summed E-state index contributed by atoms with van der Waals surface area (Å²) in [5, 5.41) is 9.10. The molecule has 0 bridgehead atoms. The summed E-state index contributed by atoms with van der Waals surface area (Å²) in [6, 6.07) is 0.569. The van der Waals surface area contributed by atoms with Gasteiger partial charge in [-0.1, -0.05) is 26.2 Å². The number of aliphatic hydroxyl groups is 1. The maximum absolute atomic E-state index is 12.3. The van der Waals surface area contributed by atoms with E-state index in [1.807, 2.05) is 4.90 Å². The normalized spacial score (nSPS) is 20.1. The standard InChI is InChI=1S/C16H32N2O2/c1-3-4-6-12-18(13-14-19)16(20)10-9-15-8-5-7-11-17(15)2/h15,19H,3-14H2,1-2H3. The monoisotopic (exact) mass is 284 g/mol. The fraction of sp³-hybridized carbons (Fsp3) is 0.938. The molecule has 1 unspecified atom stereocenters. The van der Waals surface area contributed by atoms with Gasteiger partial charge in [-0.05, 0) is 39.3 Å². The molecule has 0 aromatic rings. The number of amides is 1. The van der Waals surface area contributed by atoms with Gasteiger partial charge in [0.1, 0.15) is 0 Å². The molecule has 1 amide bonds. The van der Waals surface area contributed by atoms with Gasteiger partial charge in [-0.15, -0.1) is 0 Å². The Bertz CT molecular complexity index is 271. The first-order valence-corrected chi connectivity index (χ1v) is 8.28. The van der Waals surface area contributed by atoms with Crippen LogP contribution in [0.2, 0.25) is 0 Å². The van der Waals surface area contributed by atoms with Crippen LogP contribution >= 0.6 is 0 Å². The zero-order valence-corrected chi connectivity index (χ0v) is 13.3. The van der Waals surface area contributed by atoms with E-state index in [4.69, 9.17) is 5.11 Å². The van der Waals surface area contributed by atoms with E-state index in [1.165, 1.54) is 19.3 Å². The van der Waals surface area contributed by atoms with Crippen LogP contribution in [0.4, 0.5) is 0 Å². The first-order valence-electron chi connectivity index (χ1n) is 8.28. The highest BCUT2D eigenvalue weighted by Gasteiger charge is 2.21. The summed E-state index contributed by atoms with van der Waals surface area (Å²) in [7, 11) is 2.17. The van der Waals surface area contributed by atoms with Gasteiger partial charge in [0.05, 0.1) is 6.61 Å². The summed E-state index contributed by atoms with van der Waals surface area (Å²) >= 11 is 0. The van der Waals surface area contributed by atoms with Crippen LogP contribution in [0, 0.1) is 0 Å². The minimum Gasteiger partial charge on any atom is -0.395 e. The van der Waals surface area contributed by atoms with Crippen molar-refractivity contribution >= 4 is 5.91 Å². The summed E-state index contributed by atoms with van der Waals surface area (Å²) < 4.78 is 0. The van der Waals surface area contributed by atoms with Crippen LogP contribution in [0.25, 0.3) is 0 Å². The third-order valence-electron chi connectivity index (χ3n) is 4.37. The van der Waals surface area contributed by atoms with E-state index in [0.29, 0.717) is 19.0 Å². The van der Waals surface area contributed by atoms with Crippen LogP contribution in [0.15, 0.2) is 0 Å². The largest absolute Gasteiger partial charge is 0.395 e. The second-order valence-corrected chi connectivity index (χ2v) is 5.98. The summed E-state index contributed by atoms with van der Waals surface area (Å²) in [6.45, 7) is 4.69. The average Bonchev–Trinajstić information content (AvgIpc) is 2.45. The molecule has 118 valence electrons. The number of nitrogens with zero attached hydrogens (tertiary/aromatic N) is 2. The molecule has 0 aromatic carbocycles. The third-order valence-corrected chi connectivity index (χ3v) is 4.37. The number of carbonyl (C=O) groups excluding carboxylic acids is 1. The Kier molecular flexibility index (Phi) is 8.86. The Balaban J connectivity index is 2.32. The van der Waals surface area contributed by atoms with Crippen molar-refractivity contribution in [1.29, 1.82) is 0 Å². The van der Waals surface area contributed by atoms with Crippen LogP contribution in [-0.4, -0.2) is 60.1 Å². The lowest BCUT2D eigenvalue weighted by Crippen LogP contribution is -2.39. The van der Waals surface area contributed by atoms with Gasteiger partial charge in [0.25, 0.3) is 0 Å². The van der Waals surface area contributed by atoms with E-state index < -0.39 is 0 Å². The average molecular weight is 284 g/mol. The van der Waals surface area contributed by atoms with Gasteiger partial charge in [0, 0.05) is 25.6 Å². The van der Waals surface area contributed by atoms with Gasteiger partial charge in [0.2, 0.25) is 5.91 Å². The SMILES string of the molecule is CCCCCN(CCO)C(=O)CCC1CCCCN1C. The highest BCUT2D eigenvalue weighted by Crippen LogP contribution is 2.19. The Morgan fingerprint density at radius 2 is 2.10 bits per heavy atom. The molecule has 1 fully saturated rings. The first-order chi connectivity index (χ1) is 9.69. The lowest BCUT2D eigenvalue weighted by atomic mass is 9.98. The second-order valence-electron chi connectivity index (χ2n) is 5.98. The van der Waals surface area contributed by atoms with Crippen molar-refractivity contribution in [3.63, 3.8) is 0 Å². The zero-order valence-electron chi connectivity index (χ0n) is 13.3. The van der Waals surface area contributed by atoms with E-state index >= 15 is 0 Å². The van der Waals surface area contributed by atoms with Crippen LogP contribution in [-0.2, 0) is 4.79 Å². The zero-order chi connectivity index (χ0) is 14.8. The van der Waals surface area contributed by atoms with E-state index in [0.717, 1.165) is 38.8 Å². The topological polar surface area (TPSA) is 43.8 Å². The molecular formula is C16H32N2O2. The number of aliphatic hydroxyl groups excluding tert-OH is 1. The molecule has 4 nitrogen and oxygen atoms in total. The second kappa shape index (κ2) is 10.2. The highest BCUT2D eigenvalue weighted by atomic mass is 16.3. The summed E-state index contributed by atoms with van der Waals surface area (Å²) in [6.07, 6.45) is 8.75. The van der Waals surface area contributed by atoms with Gasteiger partial charge in [-0.3, -0.25) is 4.79 Å². The molecule has 0 saturated carbocycles. The Hall–Kier alpha value is -0.610. The number of hydrogen-bond donors (Lipinski definition) is 1. The minimum atomic E-state index is 0.0706. The van der Waals surface area contributed by atoms with Crippen molar-refractivity contribution in [2.45, 2.75) is 64.3 Å². The van der Waals surface area contributed by atoms with Crippen molar-refractivity contribution in [1.82, 2.24) is 9.80 Å². The molecule has 0 spiro atoms. The minimum absolute atomic E-state index is 0.0706. The van der Waals surface area contributed by atoms with Crippen molar-refractivity contribution in [3.8, 4) is 0 Å². The molecule has 1 atom stereocenters.